The highest BCUT2D eigenvalue weighted by atomic mass is 16.5. The summed E-state index contributed by atoms with van der Waals surface area (Å²) in [6, 6.07) is 18.6. The molecule has 146 valence electrons. The van der Waals surface area contributed by atoms with E-state index in [9.17, 15) is 0 Å². The maximum Gasteiger partial charge on any atom is 0.241 e. The lowest BCUT2D eigenvalue weighted by atomic mass is 9.93. The van der Waals surface area contributed by atoms with Crippen LogP contribution in [0.5, 0.6) is 11.6 Å². The number of hydrogen-bond donors (Lipinski definition) is 0. The number of aromatic nitrogens is 2. The first kappa shape index (κ1) is 20.1. The van der Waals surface area contributed by atoms with Gasteiger partial charge in [0.1, 0.15) is 11.4 Å². The number of hydrogen-bond acceptors (Lipinski definition) is 3. The molecule has 1 aromatic heterocycles. The summed E-state index contributed by atoms with van der Waals surface area (Å²) in [4.78, 5) is 9.17. The van der Waals surface area contributed by atoms with Crippen LogP contribution in [0.25, 0.3) is 11.1 Å². The van der Waals surface area contributed by atoms with Crippen molar-refractivity contribution in [1.82, 2.24) is 9.97 Å². The summed E-state index contributed by atoms with van der Waals surface area (Å²) in [6.07, 6.45) is 10.6. The van der Waals surface area contributed by atoms with E-state index in [-0.39, 0.29) is 0 Å². The van der Waals surface area contributed by atoms with Gasteiger partial charge >= 0.3 is 0 Å². The van der Waals surface area contributed by atoms with E-state index < -0.39 is 0 Å². The summed E-state index contributed by atoms with van der Waals surface area (Å²) in [6.45, 7) is 4.47. The van der Waals surface area contributed by atoms with E-state index in [0.717, 1.165) is 24.3 Å². The van der Waals surface area contributed by atoms with Gasteiger partial charge in [-0.3, -0.25) is 4.98 Å². The molecular weight excluding hydrogens is 344 g/mol. The van der Waals surface area contributed by atoms with E-state index in [1.807, 2.05) is 18.2 Å². The van der Waals surface area contributed by atoms with E-state index in [4.69, 9.17) is 4.74 Å². The third-order valence-corrected chi connectivity index (χ3v) is 5.07. The SMILES string of the molecule is CCCCC(CCCC)c1nccnc1Oc1ccc(-c2ccccc2)cc1. The highest BCUT2D eigenvalue weighted by Gasteiger charge is 2.19. The molecule has 0 aliphatic carbocycles. The quantitative estimate of drug-likeness (QED) is 0.371. The van der Waals surface area contributed by atoms with E-state index in [0.29, 0.717) is 11.8 Å². The van der Waals surface area contributed by atoms with Crippen molar-refractivity contribution in [3.8, 4) is 22.8 Å². The minimum absolute atomic E-state index is 0.409. The lowest BCUT2D eigenvalue weighted by Gasteiger charge is -2.18. The van der Waals surface area contributed by atoms with Crippen molar-refractivity contribution in [2.75, 3.05) is 0 Å². The summed E-state index contributed by atoms with van der Waals surface area (Å²) in [5.41, 5.74) is 3.38. The van der Waals surface area contributed by atoms with Crippen molar-refractivity contribution >= 4 is 0 Å². The van der Waals surface area contributed by atoms with E-state index in [1.54, 1.807) is 12.4 Å². The molecule has 2 aromatic carbocycles. The summed E-state index contributed by atoms with van der Waals surface area (Å²) in [7, 11) is 0. The molecule has 3 aromatic rings. The summed E-state index contributed by atoms with van der Waals surface area (Å²) >= 11 is 0. The van der Waals surface area contributed by atoms with Gasteiger partial charge in [-0.25, -0.2) is 4.98 Å². The fraction of sp³-hybridized carbons (Fsp3) is 0.360. The third-order valence-electron chi connectivity index (χ3n) is 5.07. The van der Waals surface area contributed by atoms with Gasteiger partial charge in [-0.1, -0.05) is 82.0 Å². The van der Waals surface area contributed by atoms with Gasteiger partial charge in [0.25, 0.3) is 0 Å². The molecule has 0 saturated heterocycles. The van der Waals surface area contributed by atoms with Gasteiger partial charge in [-0.2, -0.15) is 0 Å². The molecule has 0 saturated carbocycles. The van der Waals surface area contributed by atoms with Gasteiger partial charge in [0.05, 0.1) is 0 Å². The molecule has 0 fully saturated rings. The Bertz CT molecular complexity index is 823. The van der Waals surface area contributed by atoms with Crippen molar-refractivity contribution in [2.45, 2.75) is 58.3 Å². The highest BCUT2D eigenvalue weighted by molar-refractivity contribution is 5.64. The molecule has 1 heterocycles. The van der Waals surface area contributed by atoms with Crippen LogP contribution in [0.4, 0.5) is 0 Å². The van der Waals surface area contributed by atoms with Gasteiger partial charge in [-0.05, 0) is 36.1 Å². The van der Waals surface area contributed by atoms with Crippen LogP contribution in [0.1, 0.15) is 64.0 Å². The minimum atomic E-state index is 0.409. The minimum Gasteiger partial charge on any atom is -0.437 e. The summed E-state index contributed by atoms with van der Waals surface area (Å²) in [5.74, 6) is 1.85. The highest BCUT2D eigenvalue weighted by Crippen LogP contribution is 2.34. The topological polar surface area (TPSA) is 35.0 Å². The van der Waals surface area contributed by atoms with E-state index >= 15 is 0 Å². The average molecular weight is 375 g/mol. The first-order chi connectivity index (χ1) is 13.8. The van der Waals surface area contributed by atoms with Crippen molar-refractivity contribution in [1.29, 1.82) is 0 Å². The van der Waals surface area contributed by atoms with Crippen LogP contribution < -0.4 is 4.74 Å². The number of nitrogens with zero attached hydrogens (tertiary/aromatic N) is 2. The lowest BCUT2D eigenvalue weighted by molar-refractivity contribution is 0.428. The zero-order chi connectivity index (χ0) is 19.6. The predicted molar refractivity (Wildman–Crippen MR) is 116 cm³/mol. The van der Waals surface area contributed by atoms with Crippen LogP contribution in [0.3, 0.4) is 0 Å². The standard InChI is InChI=1S/C25H30N2O/c1-3-5-10-22(11-6-4-2)24-25(27-19-18-26-24)28-23-16-14-21(15-17-23)20-12-8-7-9-13-20/h7-9,12-19,22H,3-6,10-11H2,1-2H3. The average Bonchev–Trinajstić information content (AvgIpc) is 2.76. The van der Waals surface area contributed by atoms with Crippen molar-refractivity contribution < 1.29 is 4.74 Å². The summed E-state index contributed by atoms with van der Waals surface area (Å²) in [5, 5.41) is 0. The first-order valence-electron chi connectivity index (χ1n) is 10.5. The Labute approximate surface area is 168 Å². The number of ether oxygens (including phenoxy) is 1. The Hall–Kier alpha value is -2.68. The summed E-state index contributed by atoms with van der Waals surface area (Å²) < 4.78 is 6.17. The molecule has 3 nitrogen and oxygen atoms in total. The number of benzene rings is 2. The maximum atomic E-state index is 6.17. The van der Waals surface area contributed by atoms with E-state index in [2.05, 4.69) is 60.2 Å². The monoisotopic (exact) mass is 374 g/mol. The largest absolute Gasteiger partial charge is 0.437 e. The van der Waals surface area contributed by atoms with Crippen LogP contribution in [0, 0.1) is 0 Å². The van der Waals surface area contributed by atoms with Gasteiger partial charge < -0.3 is 4.74 Å². The van der Waals surface area contributed by atoms with Crippen molar-refractivity contribution in [3.63, 3.8) is 0 Å². The van der Waals surface area contributed by atoms with Gasteiger partial charge in [0.2, 0.25) is 5.88 Å². The Kier molecular flexibility index (Phi) is 7.60. The lowest BCUT2D eigenvalue weighted by Crippen LogP contribution is -2.06. The van der Waals surface area contributed by atoms with Gasteiger partial charge in [0.15, 0.2) is 0 Å². The van der Waals surface area contributed by atoms with Gasteiger partial charge in [-0.15, -0.1) is 0 Å². The second-order valence-electron chi connectivity index (χ2n) is 7.22. The Morgan fingerprint density at radius 3 is 2.00 bits per heavy atom. The van der Waals surface area contributed by atoms with Crippen LogP contribution >= 0.6 is 0 Å². The first-order valence-corrected chi connectivity index (χ1v) is 10.5. The Balaban J connectivity index is 1.78. The van der Waals surface area contributed by atoms with Gasteiger partial charge in [0, 0.05) is 18.3 Å². The molecule has 0 spiro atoms. The van der Waals surface area contributed by atoms with Crippen LogP contribution in [-0.4, -0.2) is 9.97 Å². The zero-order valence-corrected chi connectivity index (χ0v) is 17.0. The van der Waals surface area contributed by atoms with Crippen LogP contribution in [0.15, 0.2) is 67.0 Å². The Morgan fingerprint density at radius 2 is 1.36 bits per heavy atom. The molecule has 0 unspecified atom stereocenters. The molecule has 0 aliphatic rings. The molecule has 0 aliphatic heterocycles. The molecule has 0 atom stereocenters. The number of rotatable bonds is 10. The molecule has 0 amide bonds. The molecule has 3 heteroatoms. The molecule has 0 bridgehead atoms. The second kappa shape index (κ2) is 10.6. The molecular formula is C25H30N2O. The van der Waals surface area contributed by atoms with Crippen molar-refractivity contribution in [2.24, 2.45) is 0 Å². The second-order valence-corrected chi connectivity index (χ2v) is 7.22. The fourth-order valence-electron chi connectivity index (χ4n) is 3.47. The van der Waals surface area contributed by atoms with E-state index in [1.165, 1.54) is 36.8 Å². The maximum absolute atomic E-state index is 6.17. The zero-order valence-electron chi connectivity index (χ0n) is 17.0. The molecule has 0 N–H and O–H groups in total. The molecule has 28 heavy (non-hydrogen) atoms. The molecule has 0 radical (unpaired) electrons. The smallest absolute Gasteiger partial charge is 0.241 e. The van der Waals surface area contributed by atoms with Crippen LogP contribution in [-0.2, 0) is 0 Å². The van der Waals surface area contributed by atoms with Crippen molar-refractivity contribution in [3.05, 3.63) is 72.7 Å². The predicted octanol–water partition coefficient (Wildman–Crippen LogP) is 7.40. The fourth-order valence-corrected chi connectivity index (χ4v) is 3.47. The normalized spacial score (nSPS) is 11.0. The third kappa shape index (κ3) is 5.41. The Morgan fingerprint density at radius 1 is 0.750 bits per heavy atom. The van der Waals surface area contributed by atoms with Crippen LogP contribution in [0.2, 0.25) is 0 Å². The number of unbranched alkanes of at least 4 members (excludes halogenated alkanes) is 2. The molecule has 3 rings (SSSR count).